The maximum absolute atomic E-state index is 3.53. The van der Waals surface area contributed by atoms with E-state index in [9.17, 15) is 0 Å². The molecule has 1 aromatic rings. The molecule has 0 aromatic carbocycles. The van der Waals surface area contributed by atoms with Crippen molar-refractivity contribution < 1.29 is 0 Å². The van der Waals surface area contributed by atoms with E-state index in [2.05, 4.69) is 41.9 Å². The Morgan fingerprint density at radius 2 is 2.50 bits per heavy atom. The molecular formula is C12H17NS. The van der Waals surface area contributed by atoms with Crippen molar-refractivity contribution in [3.8, 4) is 0 Å². The van der Waals surface area contributed by atoms with E-state index in [1.807, 2.05) is 0 Å². The second kappa shape index (κ2) is 4.76. The number of hydrogen-bond donors (Lipinski definition) is 1. The Labute approximate surface area is 89.8 Å². The quantitative estimate of drug-likeness (QED) is 0.785. The van der Waals surface area contributed by atoms with Crippen LogP contribution in [0.3, 0.4) is 0 Å². The van der Waals surface area contributed by atoms with E-state index in [4.69, 9.17) is 0 Å². The fraction of sp³-hybridized carbons (Fsp3) is 0.500. The lowest BCUT2D eigenvalue weighted by atomic mass is 9.94. The summed E-state index contributed by atoms with van der Waals surface area (Å²) < 4.78 is 0. The highest BCUT2D eigenvalue weighted by Gasteiger charge is 2.15. The van der Waals surface area contributed by atoms with Crippen LogP contribution in [-0.4, -0.2) is 12.6 Å². The summed E-state index contributed by atoms with van der Waals surface area (Å²) in [6.45, 7) is 3.51. The van der Waals surface area contributed by atoms with Gasteiger partial charge in [0.05, 0.1) is 0 Å². The van der Waals surface area contributed by atoms with Gasteiger partial charge in [-0.15, -0.1) is 11.3 Å². The van der Waals surface area contributed by atoms with E-state index >= 15 is 0 Å². The highest BCUT2D eigenvalue weighted by molar-refractivity contribution is 7.10. The first-order valence-electron chi connectivity index (χ1n) is 5.29. The third kappa shape index (κ3) is 2.69. The van der Waals surface area contributed by atoms with Gasteiger partial charge >= 0.3 is 0 Å². The topological polar surface area (TPSA) is 12.0 Å². The molecule has 0 radical (unpaired) electrons. The Balaban J connectivity index is 1.90. The SMILES string of the molecule is CC1CCNC(/C=C/c2cccs2)C1. The highest BCUT2D eigenvalue weighted by atomic mass is 32.1. The molecule has 14 heavy (non-hydrogen) atoms. The molecule has 0 aliphatic carbocycles. The lowest BCUT2D eigenvalue weighted by Crippen LogP contribution is -2.35. The van der Waals surface area contributed by atoms with Gasteiger partial charge in [-0.2, -0.15) is 0 Å². The van der Waals surface area contributed by atoms with Crippen molar-refractivity contribution in [2.75, 3.05) is 6.54 Å². The van der Waals surface area contributed by atoms with Crippen LogP contribution in [0.25, 0.3) is 6.08 Å². The van der Waals surface area contributed by atoms with Crippen LogP contribution >= 0.6 is 11.3 Å². The second-order valence-electron chi connectivity index (χ2n) is 4.06. The van der Waals surface area contributed by atoms with Crippen molar-refractivity contribution in [2.45, 2.75) is 25.8 Å². The van der Waals surface area contributed by atoms with Crippen LogP contribution < -0.4 is 5.32 Å². The molecule has 1 fully saturated rings. The van der Waals surface area contributed by atoms with Crippen LogP contribution in [0.1, 0.15) is 24.6 Å². The van der Waals surface area contributed by atoms with Gasteiger partial charge in [0.25, 0.3) is 0 Å². The first-order chi connectivity index (χ1) is 6.84. The molecule has 76 valence electrons. The van der Waals surface area contributed by atoms with Crippen LogP contribution in [0.4, 0.5) is 0 Å². The molecule has 1 aliphatic rings. The largest absolute Gasteiger partial charge is 0.310 e. The normalized spacial score (nSPS) is 28.4. The molecule has 2 rings (SSSR count). The lowest BCUT2D eigenvalue weighted by Gasteiger charge is -2.25. The Hall–Kier alpha value is -0.600. The molecule has 2 atom stereocenters. The van der Waals surface area contributed by atoms with Crippen LogP contribution in [0.2, 0.25) is 0 Å². The van der Waals surface area contributed by atoms with Crippen LogP contribution in [0, 0.1) is 5.92 Å². The summed E-state index contributed by atoms with van der Waals surface area (Å²) in [5.41, 5.74) is 0. The summed E-state index contributed by atoms with van der Waals surface area (Å²) in [4.78, 5) is 1.35. The van der Waals surface area contributed by atoms with Crippen LogP contribution in [-0.2, 0) is 0 Å². The van der Waals surface area contributed by atoms with E-state index in [0.29, 0.717) is 6.04 Å². The number of thiophene rings is 1. The zero-order valence-electron chi connectivity index (χ0n) is 8.57. The highest BCUT2D eigenvalue weighted by Crippen LogP contribution is 2.17. The lowest BCUT2D eigenvalue weighted by molar-refractivity contribution is 0.357. The maximum atomic E-state index is 3.53. The fourth-order valence-corrected chi connectivity index (χ4v) is 2.52. The predicted octanol–water partition coefficient (Wildman–Crippen LogP) is 3.15. The van der Waals surface area contributed by atoms with Crippen molar-refractivity contribution in [1.82, 2.24) is 5.32 Å². The number of rotatable bonds is 2. The number of nitrogens with one attached hydrogen (secondary N) is 1. The molecular weight excluding hydrogens is 190 g/mol. The van der Waals surface area contributed by atoms with E-state index in [1.165, 1.54) is 24.3 Å². The number of hydrogen-bond acceptors (Lipinski definition) is 2. The van der Waals surface area contributed by atoms with Gasteiger partial charge in [0.2, 0.25) is 0 Å². The van der Waals surface area contributed by atoms with Crippen LogP contribution in [0.15, 0.2) is 23.6 Å². The average Bonchev–Trinajstić information content (AvgIpc) is 2.67. The molecule has 1 saturated heterocycles. The smallest absolute Gasteiger partial charge is 0.0267 e. The van der Waals surface area contributed by atoms with Crippen molar-refractivity contribution in [1.29, 1.82) is 0 Å². The minimum atomic E-state index is 0.584. The molecule has 1 aromatic heterocycles. The Bertz CT molecular complexity index is 289. The minimum absolute atomic E-state index is 0.584. The van der Waals surface area contributed by atoms with E-state index in [-0.39, 0.29) is 0 Å². The third-order valence-electron chi connectivity index (χ3n) is 2.74. The Kier molecular flexibility index (Phi) is 3.38. The van der Waals surface area contributed by atoms with Gasteiger partial charge in [-0.25, -0.2) is 0 Å². The number of piperidine rings is 1. The molecule has 2 heteroatoms. The zero-order valence-corrected chi connectivity index (χ0v) is 9.39. The van der Waals surface area contributed by atoms with Gasteiger partial charge in [0.1, 0.15) is 0 Å². The monoisotopic (exact) mass is 207 g/mol. The van der Waals surface area contributed by atoms with Crippen LogP contribution in [0.5, 0.6) is 0 Å². The van der Waals surface area contributed by atoms with Crippen molar-refractivity contribution >= 4 is 17.4 Å². The first kappa shape index (κ1) is 9.94. The van der Waals surface area contributed by atoms with Gasteiger partial charge in [-0.05, 0) is 42.8 Å². The van der Waals surface area contributed by atoms with Crippen molar-refractivity contribution in [3.63, 3.8) is 0 Å². The van der Waals surface area contributed by atoms with Gasteiger partial charge in [-0.3, -0.25) is 0 Å². The average molecular weight is 207 g/mol. The zero-order chi connectivity index (χ0) is 9.80. The summed E-state index contributed by atoms with van der Waals surface area (Å²) in [7, 11) is 0. The Morgan fingerprint density at radius 3 is 3.21 bits per heavy atom. The Morgan fingerprint density at radius 1 is 1.57 bits per heavy atom. The molecule has 0 bridgehead atoms. The maximum Gasteiger partial charge on any atom is 0.0267 e. The molecule has 1 nitrogen and oxygen atoms in total. The molecule has 0 saturated carbocycles. The summed E-state index contributed by atoms with van der Waals surface area (Å²) >= 11 is 1.80. The first-order valence-corrected chi connectivity index (χ1v) is 6.17. The molecule has 0 amide bonds. The van der Waals surface area contributed by atoms with Gasteiger partial charge < -0.3 is 5.32 Å². The van der Waals surface area contributed by atoms with E-state index in [1.54, 1.807) is 11.3 Å². The standard InChI is InChI=1S/C12H17NS/c1-10-6-7-13-11(9-10)4-5-12-3-2-8-14-12/h2-5,8,10-11,13H,6-7,9H2,1H3/b5-4+. The fourth-order valence-electron chi connectivity index (χ4n) is 1.89. The van der Waals surface area contributed by atoms with Gasteiger partial charge in [0, 0.05) is 10.9 Å². The van der Waals surface area contributed by atoms with E-state index in [0.717, 1.165) is 5.92 Å². The second-order valence-corrected chi connectivity index (χ2v) is 5.04. The van der Waals surface area contributed by atoms with Crippen molar-refractivity contribution in [2.24, 2.45) is 5.92 Å². The third-order valence-corrected chi connectivity index (χ3v) is 3.57. The summed E-state index contributed by atoms with van der Waals surface area (Å²) in [6.07, 6.45) is 7.15. The molecule has 2 unspecified atom stereocenters. The molecule has 0 spiro atoms. The summed E-state index contributed by atoms with van der Waals surface area (Å²) in [6, 6.07) is 4.84. The summed E-state index contributed by atoms with van der Waals surface area (Å²) in [5, 5.41) is 5.65. The molecule has 2 heterocycles. The molecule has 1 aliphatic heterocycles. The molecule has 1 N–H and O–H groups in total. The predicted molar refractivity (Wildman–Crippen MR) is 63.5 cm³/mol. The van der Waals surface area contributed by atoms with Crippen molar-refractivity contribution in [3.05, 3.63) is 28.5 Å². The van der Waals surface area contributed by atoms with E-state index < -0.39 is 0 Å². The summed E-state index contributed by atoms with van der Waals surface area (Å²) in [5.74, 6) is 0.870. The van der Waals surface area contributed by atoms with Gasteiger partial charge in [-0.1, -0.05) is 19.1 Å². The van der Waals surface area contributed by atoms with Gasteiger partial charge in [0.15, 0.2) is 0 Å². The minimum Gasteiger partial charge on any atom is -0.310 e.